The molecule has 5 nitrogen and oxygen atoms in total. The van der Waals surface area contributed by atoms with Gasteiger partial charge >= 0.3 is 0 Å². The number of aromatic nitrogens is 2. The number of fused-ring (bicyclic) bond motifs is 3. The summed E-state index contributed by atoms with van der Waals surface area (Å²) in [5, 5.41) is 7.62. The maximum absolute atomic E-state index is 4.76. The zero-order valence-corrected chi connectivity index (χ0v) is 18.8. The molecule has 2 fully saturated rings. The van der Waals surface area contributed by atoms with Gasteiger partial charge in [0, 0.05) is 54.6 Å². The first-order valence-corrected chi connectivity index (χ1v) is 12.4. The number of benzene rings is 1. The van der Waals surface area contributed by atoms with Crippen molar-refractivity contribution in [3.63, 3.8) is 0 Å². The van der Waals surface area contributed by atoms with Crippen molar-refractivity contribution in [3.05, 3.63) is 46.9 Å². The molecule has 1 saturated heterocycles. The molecule has 2 aliphatic carbocycles. The van der Waals surface area contributed by atoms with Crippen LogP contribution in [0, 0.1) is 0 Å². The third-order valence-corrected chi connectivity index (χ3v) is 8.51. The molecular weight excluding hydrogens is 382 g/mol. The van der Waals surface area contributed by atoms with Gasteiger partial charge in [0.1, 0.15) is 12.1 Å². The maximum atomic E-state index is 4.76. The van der Waals surface area contributed by atoms with Crippen molar-refractivity contribution in [2.75, 3.05) is 29.9 Å². The van der Waals surface area contributed by atoms with Gasteiger partial charge in [0.05, 0.1) is 0 Å². The Morgan fingerprint density at radius 2 is 1.97 bits per heavy atom. The van der Waals surface area contributed by atoms with Crippen LogP contribution in [0.4, 0.5) is 11.5 Å². The molecule has 1 atom stereocenters. The molecule has 0 radical (unpaired) electrons. The second-order valence-electron chi connectivity index (χ2n) is 10.3. The minimum atomic E-state index is 0.265. The Morgan fingerprint density at radius 3 is 2.81 bits per heavy atom. The fourth-order valence-corrected chi connectivity index (χ4v) is 6.71. The third kappa shape index (κ3) is 3.32. The van der Waals surface area contributed by atoms with Crippen molar-refractivity contribution in [1.82, 2.24) is 15.3 Å². The molecule has 6 rings (SSSR count). The molecule has 1 aromatic heterocycles. The highest BCUT2D eigenvalue weighted by atomic mass is 15.2. The first-order valence-electron chi connectivity index (χ1n) is 12.4. The molecule has 2 N–H and O–H groups in total. The second-order valence-corrected chi connectivity index (χ2v) is 10.3. The smallest absolute Gasteiger partial charge is 0.135 e. The quantitative estimate of drug-likeness (QED) is 0.766. The zero-order chi connectivity index (χ0) is 20.8. The van der Waals surface area contributed by atoms with Gasteiger partial charge in [0.15, 0.2) is 0 Å². The van der Waals surface area contributed by atoms with Crippen LogP contribution in [0.1, 0.15) is 80.2 Å². The monoisotopic (exact) mass is 417 g/mol. The van der Waals surface area contributed by atoms with E-state index in [1.54, 1.807) is 11.9 Å². The van der Waals surface area contributed by atoms with Crippen LogP contribution in [0.3, 0.4) is 0 Å². The lowest BCUT2D eigenvalue weighted by molar-refractivity contribution is 0.357. The Kier molecular flexibility index (Phi) is 4.90. The number of nitrogens with one attached hydrogen (secondary N) is 2. The van der Waals surface area contributed by atoms with E-state index in [2.05, 4.69) is 45.6 Å². The molecule has 3 heterocycles. The molecule has 2 aliphatic heterocycles. The van der Waals surface area contributed by atoms with E-state index < -0.39 is 0 Å². The van der Waals surface area contributed by atoms with Gasteiger partial charge in [-0.3, -0.25) is 0 Å². The molecule has 1 unspecified atom stereocenters. The minimum absolute atomic E-state index is 0.265. The lowest BCUT2D eigenvalue weighted by Crippen LogP contribution is -2.45. The lowest BCUT2D eigenvalue weighted by Gasteiger charge is -2.41. The van der Waals surface area contributed by atoms with Gasteiger partial charge in [0.25, 0.3) is 0 Å². The van der Waals surface area contributed by atoms with Gasteiger partial charge in [-0.2, -0.15) is 0 Å². The minimum Gasteiger partial charge on any atom is -0.384 e. The Hall–Kier alpha value is -2.14. The zero-order valence-electron chi connectivity index (χ0n) is 18.8. The van der Waals surface area contributed by atoms with E-state index in [9.17, 15) is 0 Å². The fourth-order valence-electron chi connectivity index (χ4n) is 6.71. The summed E-state index contributed by atoms with van der Waals surface area (Å²) >= 11 is 0. The standard InChI is InChI=1S/C26H35N5/c1-18-9-10-21-23(18)25(30-17-29-21)31-13-11-26(12-14-31)16-28-22-8-4-5-19(24(22)26)15-27-20-6-2-3-7-20/h4-5,8,17-18,20,27-28H,2-3,6-7,9-16H2,1H3. The van der Waals surface area contributed by atoms with Crippen LogP contribution < -0.4 is 15.5 Å². The van der Waals surface area contributed by atoms with Crippen molar-refractivity contribution in [1.29, 1.82) is 0 Å². The SMILES string of the molecule is CC1CCc2ncnc(N3CCC4(CC3)CNc3cccc(CNC5CCCC5)c34)c21. The Morgan fingerprint density at radius 1 is 1.13 bits per heavy atom. The van der Waals surface area contributed by atoms with Gasteiger partial charge in [-0.1, -0.05) is 31.9 Å². The van der Waals surface area contributed by atoms with Gasteiger partial charge in [0.2, 0.25) is 0 Å². The molecule has 164 valence electrons. The van der Waals surface area contributed by atoms with Crippen molar-refractivity contribution in [2.45, 2.75) is 82.2 Å². The van der Waals surface area contributed by atoms with E-state index in [4.69, 9.17) is 4.98 Å². The van der Waals surface area contributed by atoms with Gasteiger partial charge in [-0.25, -0.2) is 9.97 Å². The average molecular weight is 418 g/mol. The number of piperidine rings is 1. The Bertz CT molecular complexity index is 956. The van der Waals surface area contributed by atoms with Crippen molar-refractivity contribution >= 4 is 11.5 Å². The highest BCUT2D eigenvalue weighted by molar-refractivity contribution is 5.64. The fraction of sp³-hybridized carbons (Fsp3) is 0.615. The topological polar surface area (TPSA) is 53.1 Å². The molecule has 1 spiro atoms. The van der Waals surface area contributed by atoms with E-state index >= 15 is 0 Å². The summed E-state index contributed by atoms with van der Waals surface area (Å²) in [6, 6.07) is 7.59. The molecule has 1 aromatic carbocycles. The first kappa shape index (κ1) is 19.5. The summed E-state index contributed by atoms with van der Waals surface area (Å²) in [7, 11) is 0. The first-order chi connectivity index (χ1) is 15.2. The summed E-state index contributed by atoms with van der Waals surface area (Å²) in [6.07, 6.45) is 12.0. The van der Waals surface area contributed by atoms with Gasteiger partial charge < -0.3 is 15.5 Å². The lowest BCUT2D eigenvalue weighted by atomic mass is 9.72. The maximum Gasteiger partial charge on any atom is 0.135 e. The van der Waals surface area contributed by atoms with Crippen LogP contribution in [-0.4, -0.2) is 35.6 Å². The largest absolute Gasteiger partial charge is 0.384 e. The Labute approximate surface area is 186 Å². The molecule has 5 heteroatoms. The molecule has 1 saturated carbocycles. The summed E-state index contributed by atoms with van der Waals surface area (Å²) in [5.74, 6) is 1.80. The van der Waals surface area contributed by atoms with Crippen LogP contribution in [0.25, 0.3) is 0 Å². The van der Waals surface area contributed by atoms with Crippen molar-refractivity contribution in [2.24, 2.45) is 0 Å². The number of nitrogens with zero attached hydrogens (tertiary/aromatic N) is 3. The number of hydrogen-bond acceptors (Lipinski definition) is 5. The van der Waals surface area contributed by atoms with Crippen molar-refractivity contribution in [3.8, 4) is 0 Å². The third-order valence-electron chi connectivity index (χ3n) is 8.51. The van der Waals surface area contributed by atoms with Crippen LogP contribution >= 0.6 is 0 Å². The molecule has 0 amide bonds. The summed E-state index contributed by atoms with van der Waals surface area (Å²) < 4.78 is 0. The predicted octanol–water partition coefficient (Wildman–Crippen LogP) is 4.52. The highest BCUT2D eigenvalue weighted by Gasteiger charge is 2.43. The van der Waals surface area contributed by atoms with Crippen molar-refractivity contribution < 1.29 is 0 Å². The van der Waals surface area contributed by atoms with Gasteiger partial charge in [-0.05, 0) is 61.6 Å². The summed E-state index contributed by atoms with van der Waals surface area (Å²) in [6.45, 7) is 6.60. The van der Waals surface area contributed by atoms with E-state index in [0.29, 0.717) is 12.0 Å². The second kappa shape index (κ2) is 7.77. The van der Waals surface area contributed by atoms with Crippen LogP contribution in [0.5, 0.6) is 0 Å². The molecular formula is C26H35N5. The van der Waals surface area contributed by atoms with Gasteiger partial charge in [-0.15, -0.1) is 0 Å². The molecule has 31 heavy (non-hydrogen) atoms. The summed E-state index contributed by atoms with van der Waals surface area (Å²) in [4.78, 5) is 11.9. The van der Waals surface area contributed by atoms with E-state index in [-0.39, 0.29) is 5.41 Å². The normalized spacial score (nSPS) is 24.4. The number of hydrogen-bond donors (Lipinski definition) is 2. The molecule has 0 bridgehead atoms. The molecule has 2 aromatic rings. The van der Waals surface area contributed by atoms with E-state index in [0.717, 1.165) is 32.6 Å². The van der Waals surface area contributed by atoms with Crippen LogP contribution in [0.15, 0.2) is 24.5 Å². The number of rotatable bonds is 4. The summed E-state index contributed by atoms with van der Waals surface area (Å²) in [5.41, 5.74) is 7.45. The Balaban J connectivity index is 1.23. The van der Waals surface area contributed by atoms with Crippen LogP contribution in [0.2, 0.25) is 0 Å². The highest BCUT2D eigenvalue weighted by Crippen LogP contribution is 2.47. The number of anilines is 2. The average Bonchev–Trinajstić information content (AvgIpc) is 3.54. The predicted molar refractivity (Wildman–Crippen MR) is 126 cm³/mol. The molecule has 4 aliphatic rings. The van der Waals surface area contributed by atoms with E-state index in [1.165, 1.54) is 73.3 Å². The number of aryl methyl sites for hydroxylation is 1. The van der Waals surface area contributed by atoms with Crippen LogP contribution in [-0.2, 0) is 18.4 Å². The van der Waals surface area contributed by atoms with E-state index in [1.807, 2.05) is 0 Å².